The lowest BCUT2D eigenvalue weighted by Gasteiger charge is -2.16. The first-order valence-corrected chi connectivity index (χ1v) is 17.3. The number of phosphoric ester groups is 1. The van der Waals surface area contributed by atoms with Crippen LogP contribution in [0, 0.1) is 6.92 Å². The predicted octanol–water partition coefficient (Wildman–Crippen LogP) is 9.04. The van der Waals surface area contributed by atoms with Crippen LogP contribution < -0.4 is 23.1 Å². The highest BCUT2D eigenvalue weighted by molar-refractivity contribution is 7.48. The molecule has 0 spiro atoms. The van der Waals surface area contributed by atoms with Crippen molar-refractivity contribution in [2.75, 3.05) is 13.7 Å². The van der Waals surface area contributed by atoms with Gasteiger partial charge in [-0.05, 0) is 37.6 Å². The summed E-state index contributed by atoms with van der Waals surface area (Å²) >= 11 is 1.66. The predicted molar refractivity (Wildman–Crippen MR) is 165 cm³/mol. The third-order valence-corrected chi connectivity index (χ3v) is 8.55. The molecule has 0 fully saturated rings. The molecule has 2 aromatic carbocycles. The minimum Gasteiger partial charge on any atom is -0.493 e. The Labute approximate surface area is 250 Å². The third kappa shape index (κ3) is 12.9. The molecule has 0 aliphatic rings. The summed E-state index contributed by atoms with van der Waals surface area (Å²) in [5.74, 6) is 1.43. The maximum Gasteiger partial charge on any atom is 0.584 e. The molecule has 1 aromatic heterocycles. The van der Waals surface area contributed by atoms with E-state index in [2.05, 4.69) is 17.7 Å². The van der Waals surface area contributed by atoms with Crippen LogP contribution in [0.1, 0.15) is 94.4 Å². The van der Waals surface area contributed by atoms with Crippen molar-refractivity contribution in [2.45, 2.75) is 97.4 Å². The minimum absolute atomic E-state index is 0.158. The van der Waals surface area contributed by atoms with Gasteiger partial charge in [0.05, 0.1) is 18.6 Å². The maximum atomic E-state index is 12.8. The molecule has 3 rings (SSSR count). The Morgan fingerprint density at radius 1 is 0.829 bits per heavy atom. The molecule has 0 saturated carbocycles. The summed E-state index contributed by atoms with van der Waals surface area (Å²) in [7, 11) is -2.90. The lowest BCUT2D eigenvalue weighted by atomic mass is 10.1. The monoisotopic (exact) mass is 604 g/mol. The molecule has 1 atom stereocenters. The van der Waals surface area contributed by atoms with Crippen LogP contribution in [0.5, 0.6) is 23.0 Å². The van der Waals surface area contributed by atoms with Crippen molar-refractivity contribution in [3.05, 3.63) is 64.6 Å². The van der Waals surface area contributed by atoms with Crippen molar-refractivity contribution in [2.24, 2.45) is 0 Å². The number of phosphoric acid groups is 1. The number of unbranched alkanes of at least 4 members (excludes halogenated alkanes) is 11. The van der Waals surface area contributed by atoms with E-state index in [9.17, 15) is 9.46 Å². The van der Waals surface area contributed by atoms with E-state index in [-0.39, 0.29) is 11.5 Å². The average Bonchev–Trinajstić information content (AvgIpc) is 3.35. The van der Waals surface area contributed by atoms with Crippen LogP contribution >= 0.6 is 19.2 Å². The zero-order valence-electron chi connectivity index (χ0n) is 24.9. The molecule has 226 valence electrons. The van der Waals surface area contributed by atoms with E-state index in [1.807, 2.05) is 18.5 Å². The van der Waals surface area contributed by atoms with Crippen molar-refractivity contribution in [3.8, 4) is 23.0 Å². The quantitative estimate of drug-likeness (QED) is 0.0743. The van der Waals surface area contributed by atoms with Gasteiger partial charge in [-0.3, -0.25) is 4.89 Å². The molecule has 9 heteroatoms. The highest BCUT2D eigenvalue weighted by atomic mass is 32.1. The molecular formula is C32H47NO6PS+. The molecule has 41 heavy (non-hydrogen) atoms. The fourth-order valence-electron chi connectivity index (χ4n) is 4.67. The normalized spacial score (nSPS) is 12.6. The van der Waals surface area contributed by atoms with Crippen molar-refractivity contribution >= 4 is 19.2 Å². The zero-order chi connectivity index (χ0) is 29.3. The van der Waals surface area contributed by atoms with Gasteiger partial charge in [0.1, 0.15) is 11.5 Å². The molecule has 0 saturated heterocycles. The number of aromatic nitrogens is 1. The number of ether oxygens (including phenoxy) is 2. The smallest absolute Gasteiger partial charge is 0.493 e. The highest BCUT2D eigenvalue weighted by Gasteiger charge is 2.26. The van der Waals surface area contributed by atoms with E-state index in [1.165, 1.54) is 82.3 Å². The van der Waals surface area contributed by atoms with Crippen LogP contribution in [-0.2, 0) is 11.1 Å². The van der Waals surface area contributed by atoms with Gasteiger partial charge in [0.25, 0.3) is 0 Å². The van der Waals surface area contributed by atoms with E-state index < -0.39 is 7.82 Å². The van der Waals surface area contributed by atoms with Gasteiger partial charge in [-0.25, -0.2) is 4.57 Å². The summed E-state index contributed by atoms with van der Waals surface area (Å²) in [5, 5.41) is 0. The molecule has 0 amide bonds. The van der Waals surface area contributed by atoms with Crippen molar-refractivity contribution < 1.29 is 32.5 Å². The molecule has 0 aliphatic carbocycles. The van der Waals surface area contributed by atoms with Crippen LogP contribution in [0.3, 0.4) is 0 Å². The molecule has 1 heterocycles. The number of rotatable bonds is 21. The number of hydrogen-bond donors (Lipinski definition) is 1. The molecule has 0 bridgehead atoms. The van der Waals surface area contributed by atoms with E-state index in [0.717, 1.165) is 18.4 Å². The van der Waals surface area contributed by atoms with Gasteiger partial charge >= 0.3 is 7.82 Å². The highest BCUT2D eigenvalue weighted by Crippen LogP contribution is 2.46. The summed E-state index contributed by atoms with van der Waals surface area (Å²) in [6.07, 6.45) is 17.5. The second-order valence-corrected chi connectivity index (χ2v) is 12.9. The first-order valence-electron chi connectivity index (χ1n) is 14.9. The third-order valence-electron chi connectivity index (χ3n) is 6.82. The Morgan fingerprint density at radius 3 is 2.07 bits per heavy atom. The van der Waals surface area contributed by atoms with E-state index in [1.54, 1.807) is 41.7 Å². The summed E-state index contributed by atoms with van der Waals surface area (Å²) < 4.78 is 36.9. The first kappa shape index (κ1) is 33.0. The van der Waals surface area contributed by atoms with Gasteiger partial charge in [0, 0.05) is 11.6 Å². The summed E-state index contributed by atoms with van der Waals surface area (Å²) in [4.78, 5) is 11.6. The first-order chi connectivity index (χ1) is 19.9. The van der Waals surface area contributed by atoms with Crippen LogP contribution in [-0.4, -0.2) is 18.6 Å². The van der Waals surface area contributed by atoms with Gasteiger partial charge in [-0.2, -0.15) is 4.57 Å². The van der Waals surface area contributed by atoms with Crippen LogP contribution in [0.2, 0.25) is 0 Å². The lowest BCUT2D eigenvalue weighted by Crippen LogP contribution is -2.30. The second-order valence-electron chi connectivity index (χ2n) is 10.5. The number of aryl methyl sites for hydroxylation is 1. The zero-order valence-corrected chi connectivity index (χ0v) is 26.6. The van der Waals surface area contributed by atoms with Gasteiger partial charge in [0.2, 0.25) is 5.51 Å². The molecule has 1 N–H and O–H groups in total. The maximum absolute atomic E-state index is 12.8. The standard InChI is InChI=1S/C32H46NO6PS/c1-4-5-6-7-8-9-10-11-12-13-14-15-21-37-31-20-19-30(23-32(31)36-3)39-40(34,35)38-29-18-16-17-28(22-29)25-33-24-27(2)41-26-33/h16-20,22-24,26H,4-15,21,25H2,1-3H3/p+1. The Hall–Kier alpha value is -2.54. The minimum atomic E-state index is -4.43. The number of methoxy groups -OCH3 is 1. The molecule has 7 nitrogen and oxygen atoms in total. The van der Waals surface area contributed by atoms with E-state index in [0.29, 0.717) is 24.7 Å². The molecule has 1 unspecified atom stereocenters. The van der Waals surface area contributed by atoms with Crippen molar-refractivity contribution in [1.29, 1.82) is 0 Å². The summed E-state index contributed by atoms with van der Waals surface area (Å²) in [6.45, 7) is 5.54. The Kier molecular flexibility index (Phi) is 14.5. The molecule has 3 aromatic rings. The van der Waals surface area contributed by atoms with Crippen LogP contribution in [0.4, 0.5) is 0 Å². The number of thiazole rings is 1. The van der Waals surface area contributed by atoms with Gasteiger partial charge in [-0.15, -0.1) is 0 Å². The van der Waals surface area contributed by atoms with Crippen LogP contribution in [0.25, 0.3) is 0 Å². The van der Waals surface area contributed by atoms with Crippen molar-refractivity contribution in [1.82, 2.24) is 0 Å². The average molecular weight is 605 g/mol. The van der Waals surface area contributed by atoms with Crippen molar-refractivity contribution in [3.63, 3.8) is 0 Å². The number of nitrogens with zero attached hydrogens (tertiary/aromatic N) is 1. The van der Waals surface area contributed by atoms with Crippen LogP contribution in [0.15, 0.2) is 54.2 Å². The molecule has 0 radical (unpaired) electrons. The lowest BCUT2D eigenvalue weighted by molar-refractivity contribution is -0.683. The van der Waals surface area contributed by atoms with Gasteiger partial charge < -0.3 is 18.5 Å². The fourth-order valence-corrected chi connectivity index (χ4v) is 6.10. The topological polar surface area (TPSA) is 78.1 Å². The Balaban J connectivity index is 1.38. The second kappa shape index (κ2) is 18.1. The van der Waals surface area contributed by atoms with E-state index in [4.69, 9.17) is 18.5 Å². The number of hydrogen-bond acceptors (Lipinski definition) is 6. The Bertz CT molecular complexity index is 1220. The molecular weight excluding hydrogens is 557 g/mol. The van der Waals surface area contributed by atoms with E-state index >= 15 is 0 Å². The summed E-state index contributed by atoms with van der Waals surface area (Å²) in [6, 6.07) is 11.9. The van der Waals surface area contributed by atoms with Gasteiger partial charge in [0.15, 0.2) is 24.2 Å². The largest absolute Gasteiger partial charge is 0.584 e. The Morgan fingerprint density at radius 2 is 1.46 bits per heavy atom. The van der Waals surface area contributed by atoms with Gasteiger partial charge in [-0.1, -0.05) is 101 Å². The fraction of sp³-hybridized carbons (Fsp3) is 0.531. The SMILES string of the molecule is CCCCCCCCCCCCCCOc1ccc(OP(=O)(O)Oc2cccc(C[n+]3csc(C)c3)c2)cc1OC. The molecule has 0 aliphatic heterocycles. The number of benzene rings is 2. The summed E-state index contributed by atoms with van der Waals surface area (Å²) in [5.41, 5.74) is 2.98.